The second kappa shape index (κ2) is 15.3. The molecule has 4 heterocycles. The predicted molar refractivity (Wildman–Crippen MR) is 197 cm³/mol. The van der Waals surface area contributed by atoms with Crippen molar-refractivity contribution in [1.82, 2.24) is 19.4 Å². The first-order valence-electron chi connectivity index (χ1n) is 17.6. The van der Waals surface area contributed by atoms with Crippen molar-refractivity contribution in [2.75, 3.05) is 84.3 Å². The van der Waals surface area contributed by atoms with Crippen molar-refractivity contribution in [3.63, 3.8) is 0 Å². The number of fused-ring (bicyclic) bond motifs is 2. The molecule has 3 aliphatic rings. The molecule has 0 N–H and O–H groups in total. The molecule has 0 aliphatic carbocycles. The van der Waals surface area contributed by atoms with Crippen molar-refractivity contribution >= 4 is 46.1 Å². The second-order valence-corrected chi connectivity index (χ2v) is 14.1. The molecule has 3 aromatic carbocycles. The minimum atomic E-state index is -0.277. The molecule has 2 saturated heterocycles. The Morgan fingerprint density at radius 3 is 2.66 bits per heavy atom. The third-order valence-corrected chi connectivity index (χ3v) is 11.1. The molecule has 0 radical (unpaired) electrons. The number of ether oxygens (including phenoxy) is 4. The number of carbonyl (C=O) groups is 1. The van der Waals surface area contributed by atoms with E-state index < -0.39 is 0 Å². The van der Waals surface area contributed by atoms with Gasteiger partial charge in [-0.25, -0.2) is 4.98 Å². The summed E-state index contributed by atoms with van der Waals surface area (Å²) < 4.78 is 25.2. The molecule has 7 rings (SSSR count). The molecule has 3 aliphatic heterocycles. The number of hydrogen-bond acceptors (Lipinski definition) is 8. The number of rotatable bonds is 11. The Kier molecular flexibility index (Phi) is 10.6. The third kappa shape index (κ3) is 7.08. The van der Waals surface area contributed by atoms with Gasteiger partial charge in [0.25, 0.3) is 5.91 Å². The summed E-state index contributed by atoms with van der Waals surface area (Å²) in [4.78, 5) is 26.0. The maximum absolute atomic E-state index is 14.0. The summed E-state index contributed by atoms with van der Waals surface area (Å²) in [5.41, 5.74) is 3.51. The first-order chi connectivity index (χ1) is 24.4. The largest absolute Gasteiger partial charge is 0.493 e. The highest BCUT2D eigenvalue weighted by Crippen LogP contribution is 2.43. The fourth-order valence-electron chi connectivity index (χ4n) is 7.63. The number of benzene rings is 3. The molecule has 2 fully saturated rings. The fraction of sp³-hybridized carbons (Fsp3) is 0.474. The number of amides is 1. The molecule has 266 valence electrons. The number of methoxy groups -OCH3 is 1. The molecule has 1 atom stereocenters. The number of nitrogens with zero attached hydrogens (tertiary/aromatic N) is 5. The second-order valence-electron chi connectivity index (χ2n) is 13.3. The van der Waals surface area contributed by atoms with Gasteiger partial charge in [-0.3, -0.25) is 4.79 Å². The summed E-state index contributed by atoms with van der Waals surface area (Å²) in [6, 6.07) is 17.8. The number of aromatic nitrogens is 2. The first-order valence-corrected chi connectivity index (χ1v) is 18.4. The molecular weight excluding hydrogens is 677 g/mol. The zero-order chi connectivity index (χ0) is 34.7. The Morgan fingerprint density at radius 1 is 0.960 bits per heavy atom. The van der Waals surface area contributed by atoms with Crippen LogP contribution in [0.4, 0.5) is 5.95 Å². The summed E-state index contributed by atoms with van der Waals surface area (Å²) in [6.45, 7) is 10.9. The van der Waals surface area contributed by atoms with Gasteiger partial charge >= 0.3 is 0 Å². The lowest BCUT2D eigenvalue weighted by molar-refractivity contribution is 0.0779. The van der Waals surface area contributed by atoms with Gasteiger partial charge in [0.1, 0.15) is 13.2 Å². The minimum Gasteiger partial charge on any atom is -0.493 e. The SMILES string of the molecule is CCOCCn1c(N2CCCN(CCC3(c4ccc(Cl)c(Cl)c4)CCN(C(=O)c4cc(OC)c5c(c4)OCCO5)C3)CC2)nc2ccccc21. The van der Waals surface area contributed by atoms with Gasteiger partial charge in [-0.2, -0.15) is 0 Å². The van der Waals surface area contributed by atoms with Crippen molar-refractivity contribution in [3.8, 4) is 17.2 Å². The lowest BCUT2D eigenvalue weighted by Gasteiger charge is -2.33. The lowest BCUT2D eigenvalue weighted by Crippen LogP contribution is -2.39. The number of anilines is 1. The van der Waals surface area contributed by atoms with Crippen molar-refractivity contribution in [3.05, 3.63) is 75.8 Å². The van der Waals surface area contributed by atoms with E-state index in [1.165, 1.54) is 0 Å². The summed E-state index contributed by atoms with van der Waals surface area (Å²) in [5.74, 6) is 2.54. The molecule has 50 heavy (non-hydrogen) atoms. The van der Waals surface area contributed by atoms with Gasteiger partial charge in [-0.1, -0.05) is 41.4 Å². The average molecular weight is 723 g/mol. The molecule has 0 bridgehead atoms. The Balaban J connectivity index is 1.08. The topological polar surface area (TPSA) is 81.5 Å². The van der Waals surface area contributed by atoms with Crippen LogP contribution in [0.3, 0.4) is 0 Å². The van der Waals surface area contributed by atoms with Gasteiger partial charge in [0.2, 0.25) is 11.7 Å². The van der Waals surface area contributed by atoms with Gasteiger partial charge in [0.15, 0.2) is 11.5 Å². The van der Waals surface area contributed by atoms with Crippen molar-refractivity contribution in [2.24, 2.45) is 0 Å². The molecule has 0 spiro atoms. The maximum atomic E-state index is 14.0. The highest BCUT2D eigenvalue weighted by Gasteiger charge is 2.42. The zero-order valence-electron chi connectivity index (χ0n) is 28.8. The molecule has 4 aromatic rings. The molecular formula is C38H45Cl2N5O5. The normalized spacial score (nSPS) is 19.6. The van der Waals surface area contributed by atoms with E-state index in [4.69, 9.17) is 47.1 Å². The van der Waals surface area contributed by atoms with Gasteiger partial charge in [0, 0.05) is 56.9 Å². The molecule has 10 nitrogen and oxygen atoms in total. The van der Waals surface area contributed by atoms with Crippen LogP contribution < -0.4 is 19.1 Å². The molecule has 0 saturated carbocycles. The van der Waals surface area contributed by atoms with Crippen LogP contribution in [0.25, 0.3) is 11.0 Å². The Labute approximate surface area is 303 Å². The zero-order valence-corrected chi connectivity index (χ0v) is 30.3. The van der Waals surface area contributed by atoms with Crippen LogP contribution in [0, 0.1) is 0 Å². The number of likely N-dealkylation sites (tertiary alicyclic amines) is 1. The standard InChI is InChI=1S/C38H45Cl2N5O5/c1-3-48-20-19-45-32-8-5-4-7-31(32)41-37(45)43-14-6-13-42(17-18-43)15-11-38(28-9-10-29(39)30(40)25-28)12-16-44(26-38)36(46)27-23-33(47-2)35-34(24-27)49-21-22-50-35/h4-5,7-10,23-25H,3,6,11-22,26H2,1-2H3. The van der Waals surface area contributed by atoms with Crippen LogP contribution in [-0.4, -0.2) is 105 Å². The monoisotopic (exact) mass is 721 g/mol. The Morgan fingerprint density at radius 2 is 1.82 bits per heavy atom. The smallest absolute Gasteiger partial charge is 0.254 e. The van der Waals surface area contributed by atoms with Gasteiger partial charge < -0.3 is 38.2 Å². The van der Waals surface area contributed by atoms with E-state index in [1.54, 1.807) is 19.2 Å². The number of hydrogen-bond donors (Lipinski definition) is 0. The van der Waals surface area contributed by atoms with E-state index in [-0.39, 0.29) is 11.3 Å². The van der Waals surface area contributed by atoms with Crippen molar-refractivity contribution in [1.29, 1.82) is 0 Å². The summed E-state index contributed by atoms with van der Waals surface area (Å²) in [7, 11) is 1.58. The van der Waals surface area contributed by atoms with Gasteiger partial charge in [0.05, 0.1) is 34.8 Å². The van der Waals surface area contributed by atoms with Crippen LogP contribution in [0.2, 0.25) is 10.0 Å². The number of imidazole rings is 1. The van der Waals surface area contributed by atoms with Crippen LogP contribution in [0.1, 0.15) is 42.1 Å². The number of para-hydroxylation sites is 2. The van der Waals surface area contributed by atoms with E-state index >= 15 is 0 Å². The Bertz CT molecular complexity index is 1820. The van der Waals surface area contributed by atoms with Crippen LogP contribution in [0.5, 0.6) is 17.2 Å². The van der Waals surface area contributed by atoms with Gasteiger partial charge in [-0.15, -0.1) is 0 Å². The van der Waals surface area contributed by atoms with Gasteiger partial charge in [-0.05, 0) is 81.2 Å². The van der Waals surface area contributed by atoms with E-state index in [2.05, 4.69) is 38.6 Å². The highest BCUT2D eigenvalue weighted by molar-refractivity contribution is 6.42. The average Bonchev–Trinajstić information content (AvgIpc) is 3.66. The number of carbonyl (C=O) groups excluding carboxylic acids is 1. The summed E-state index contributed by atoms with van der Waals surface area (Å²) >= 11 is 13.0. The quantitative estimate of drug-likeness (QED) is 0.162. The van der Waals surface area contributed by atoms with Crippen LogP contribution >= 0.6 is 23.2 Å². The van der Waals surface area contributed by atoms with E-state index in [9.17, 15) is 4.79 Å². The van der Waals surface area contributed by atoms with E-state index in [0.717, 1.165) is 81.1 Å². The maximum Gasteiger partial charge on any atom is 0.254 e. The van der Waals surface area contributed by atoms with Crippen molar-refractivity contribution < 1.29 is 23.7 Å². The fourth-order valence-corrected chi connectivity index (χ4v) is 7.92. The highest BCUT2D eigenvalue weighted by atomic mass is 35.5. The summed E-state index contributed by atoms with van der Waals surface area (Å²) in [5, 5.41) is 1.06. The van der Waals surface area contributed by atoms with Crippen molar-refractivity contribution in [2.45, 2.75) is 38.1 Å². The van der Waals surface area contributed by atoms with Crippen LogP contribution in [-0.2, 0) is 16.7 Å². The molecule has 1 aromatic heterocycles. The van der Waals surface area contributed by atoms with E-state index in [1.807, 2.05) is 30.0 Å². The van der Waals surface area contributed by atoms with E-state index in [0.29, 0.717) is 72.4 Å². The molecule has 1 amide bonds. The Hall–Kier alpha value is -3.70. The summed E-state index contributed by atoms with van der Waals surface area (Å²) in [6.07, 6.45) is 2.74. The number of halogens is 2. The molecule has 1 unspecified atom stereocenters. The third-order valence-electron chi connectivity index (χ3n) is 10.3. The van der Waals surface area contributed by atoms with Crippen LogP contribution in [0.15, 0.2) is 54.6 Å². The molecule has 12 heteroatoms. The minimum absolute atomic E-state index is 0.0557. The predicted octanol–water partition coefficient (Wildman–Crippen LogP) is 6.55. The lowest BCUT2D eigenvalue weighted by atomic mass is 9.76. The first kappa shape index (κ1) is 34.7.